The minimum atomic E-state index is 0.554. The summed E-state index contributed by atoms with van der Waals surface area (Å²) in [6.45, 7) is 8.70. The van der Waals surface area contributed by atoms with Gasteiger partial charge < -0.3 is 0 Å². The molecule has 3 heteroatoms. The lowest BCUT2D eigenvalue weighted by molar-refractivity contribution is 0.105. The molecule has 0 aliphatic carbocycles. The number of nitrogens with zero attached hydrogens (tertiary/aromatic N) is 3. The van der Waals surface area contributed by atoms with Gasteiger partial charge in [-0.25, -0.2) is 9.97 Å². The summed E-state index contributed by atoms with van der Waals surface area (Å²) >= 11 is 0. The third-order valence-corrected chi connectivity index (χ3v) is 2.81. The summed E-state index contributed by atoms with van der Waals surface area (Å²) in [6, 6.07) is 0.650. The molecule has 0 aromatic carbocycles. The number of hydrogen-bond acceptors (Lipinski definition) is 3. The molecule has 3 nitrogen and oxygen atoms in total. The van der Waals surface area contributed by atoms with Crippen LogP contribution in [0.1, 0.15) is 31.2 Å². The smallest absolute Gasteiger partial charge is 0.133 e. The highest BCUT2D eigenvalue weighted by atomic mass is 15.2. The van der Waals surface area contributed by atoms with Crippen molar-refractivity contribution in [2.75, 3.05) is 13.1 Å². The van der Waals surface area contributed by atoms with Gasteiger partial charge in [-0.05, 0) is 26.3 Å². The van der Waals surface area contributed by atoms with E-state index in [0.717, 1.165) is 24.5 Å². The highest BCUT2D eigenvalue weighted by Gasteiger charge is 2.31. The predicted octanol–water partition coefficient (Wildman–Crippen LogP) is 1.59. The quantitative estimate of drug-likeness (QED) is 0.711. The summed E-state index contributed by atoms with van der Waals surface area (Å²) in [6.07, 6.45) is 3.81. The summed E-state index contributed by atoms with van der Waals surface area (Å²) in [4.78, 5) is 11.2. The largest absolute Gasteiger partial charge is 0.299 e. The fraction of sp³-hybridized carbons (Fsp3) is 0.636. The van der Waals surface area contributed by atoms with Crippen molar-refractivity contribution in [1.82, 2.24) is 14.9 Å². The normalized spacial score (nSPS) is 18.6. The monoisotopic (exact) mass is 191 g/mol. The zero-order valence-electron chi connectivity index (χ0n) is 9.07. The Morgan fingerprint density at radius 1 is 1.29 bits per heavy atom. The van der Waals surface area contributed by atoms with E-state index >= 15 is 0 Å². The molecular formula is C11H17N3. The topological polar surface area (TPSA) is 29.0 Å². The number of rotatable bonds is 2. The van der Waals surface area contributed by atoms with Gasteiger partial charge in [0.15, 0.2) is 0 Å². The van der Waals surface area contributed by atoms with Crippen molar-refractivity contribution in [3.63, 3.8) is 0 Å². The molecule has 0 spiro atoms. The van der Waals surface area contributed by atoms with Gasteiger partial charge in [-0.1, -0.05) is 0 Å². The summed E-state index contributed by atoms with van der Waals surface area (Å²) in [5.74, 6) is 1.56. The van der Waals surface area contributed by atoms with E-state index in [1.165, 1.54) is 0 Å². The number of aromatic nitrogens is 2. The van der Waals surface area contributed by atoms with Crippen LogP contribution in [0.25, 0.3) is 0 Å². The molecule has 1 aromatic rings. The maximum absolute atomic E-state index is 4.36. The Balaban J connectivity index is 1.96. The van der Waals surface area contributed by atoms with Gasteiger partial charge in [0.2, 0.25) is 0 Å². The van der Waals surface area contributed by atoms with Gasteiger partial charge >= 0.3 is 0 Å². The highest BCUT2D eigenvalue weighted by molar-refractivity contribution is 5.09. The lowest BCUT2D eigenvalue weighted by Gasteiger charge is -2.41. The number of likely N-dealkylation sites (tertiary alicyclic amines) is 1. The second-order valence-corrected chi connectivity index (χ2v) is 4.36. The van der Waals surface area contributed by atoms with E-state index in [1.54, 1.807) is 0 Å². The number of aryl methyl sites for hydroxylation is 1. The van der Waals surface area contributed by atoms with Crippen LogP contribution in [0.3, 0.4) is 0 Å². The minimum absolute atomic E-state index is 0.554. The van der Waals surface area contributed by atoms with Crippen molar-refractivity contribution in [1.29, 1.82) is 0 Å². The van der Waals surface area contributed by atoms with Crippen molar-refractivity contribution in [3.05, 3.63) is 23.8 Å². The van der Waals surface area contributed by atoms with Crippen LogP contribution in [0.15, 0.2) is 12.4 Å². The van der Waals surface area contributed by atoms with Gasteiger partial charge in [0.05, 0.1) is 0 Å². The molecule has 0 N–H and O–H groups in total. The molecule has 0 saturated carbocycles. The summed E-state index contributed by atoms with van der Waals surface area (Å²) in [5.41, 5.74) is 1.13. The van der Waals surface area contributed by atoms with Crippen LogP contribution in [0.4, 0.5) is 0 Å². The molecule has 0 atom stereocenters. The second-order valence-electron chi connectivity index (χ2n) is 4.36. The van der Waals surface area contributed by atoms with E-state index in [2.05, 4.69) is 28.7 Å². The van der Waals surface area contributed by atoms with E-state index in [4.69, 9.17) is 0 Å². The Labute approximate surface area is 85.2 Å². The zero-order chi connectivity index (χ0) is 10.1. The Kier molecular flexibility index (Phi) is 2.50. The lowest BCUT2D eigenvalue weighted by Crippen LogP contribution is -2.49. The molecule has 1 saturated heterocycles. The third kappa shape index (κ3) is 1.77. The summed E-state index contributed by atoms with van der Waals surface area (Å²) in [7, 11) is 0. The predicted molar refractivity (Wildman–Crippen MR) is 56.2 cm³/mol. The Bertz CT molecular complexity index is 299. The average molecular weight is 191 g/mol. The molecule has 1 fully saturated rings. The fourth-order valence-corrected chi connectivity index (χ4v) is 1.71. The number of hydrogen-bond donors (Lipinski definition) is 0. The SMILES string of the molecule is Cc1cnc(C2CN(C(C)C)C2)nc1. The van der Waals surface area contributed by atoms with Crippen molar-refractivity contribution in [2.45, 2.75) is 32.7 Å². The molecule has 14 heavy (non-hydrogen) atoms. The van der Waals surface area contributed by atoms with Crippen LogP contribution < -0.4 is 0 Å². The second kappa shape index (κ2) is 3.65. The molecule has 2 heterocycles. The molecule has 1 aliphatic heterocycles. The van der Waals surface area contributed by atoms with E-state index in [9.17, 15) is 0 Å². The van der Waals surface area contributed by atoms with Crippen molar-refractivity contribution in [2.24, 2.45) is 0 Å². The van der Waals surface area contributed by atoms with Gasteiger partial charge in [-0.15, -0.1) is 0 Å². The standard InChI is InChI=1S/C11H17N3/c1-8(2)14-6-10(7-14)11-12-4-9(3)5-13-11/h4-5,8,10H,6-7H2,1-3H3. The first-order valence-corrected chi connectivity index (χ1v) is 5.19. The van der Waals surface area contributed by atoms with Crippen molar-refractivity contribution in [3.8, 4) is 0 Å². The van der Waals surface area contributed by atoms with Crippen LogP contribution >= 0.6 is 0 Å². The van der Waals surface area contributed by atoms with Crippen LogP contribution in [-0.4, -0.2) is 34.0 Å². The van der Waals surface area contributed by atoms with Gasteiger partial charge in [0.1, 0.15) is 5.82 Å². The van der Waals surface area contributed by atoms with Crippen LogP contribution in [-0.2, 0) is 0 Å². The van der Waals surface area contributed by atoms with Crippen LogP contribution in [0.2, 0.25) is 0 Å². The maximum atomic E-state index is 4.36. The summed E-state index contributed by atoms with van der Waals surface area (Å²) in [5, 5.41) is 0. The first kappa shape index (κ1) is 9.59. The molecule has 1 aliphatic rings. The molecule has 76 valence electrons. The van der Waals surface area contributed by atoms with Crippen molar-refractivity contribution >= 4 is 0 Å². The highest BCUT2D eigenvalue weighted by Crippen LogP contribution is 2.25. The van der Waals surface area contributed by atoms with Crippen LogP contribution in [0.5, 0.6) is 0 Å². The van der Waals surface area contributed by atoms with Gasteiger partial charge in [-0.2, -0.15) is 0 Å². The minimum Gasteiger partial charge on any atom is -0.299 e. The molecule has 0 unspecified atom stereocenters. The first-order valence-electron chi connectivity index (χ1n) is 5.19. The average Bonchev–Trinajstić information content (AvgIpc) is 2.05. The molecule has 0 bridgehead atoms. The molecular weight excluding hydrogens is 174 g/mol. The Morgan fingerprint density at radius 3 is 2.36 bits per heavy atom. The van der Waals surface area contributed by atoms with Gasteiger partial charge in [0.25, 0.3) is 0 Å². The Morgan fingerprint density at radius 2 is 1.86 bits per heavy atom. The van der Waals surface area contributed by atoms with Gasteiger partial charge in [-0.3, -0.25) is 4.90 Å². The Hall–Kier alpha value is -0.960. The molecule has 0 amide bonds. The molecule has 2 rings (SSSR count). The van der Waals surface area contributed by atoms with Crippen LogP contribution in [0, 0.1) is 6.92 Å². The third-order valence-electron chi connectivity index (χ3n) is 2.81. The van der Waals surface area contributed by atoms with E-state index in [0.29, 0.717) is 12.0 Å². The van der Waals surface area contributed by atoms with E-state index < -0.39 is 0 Å². The maximum Gasteiger partial charge on any atom is 0.133 e. The van der Waals surface area contributed by atoms with E-state index in [-0.39, 0.29) is 0 Å². The molecule has 1 aromatic heterocycles. The fourth-order valence-electron chi connectivity index (χ4n) is 1.71. The summed E-state index contributed by atoms with van der Waals surface area (Å²) < 4.78 is 0. The molecule has 0 radical (unpaired) electrons. The van der Waals surface area contributed by atoms with Gasteiger partial charge in [0, 0.05) is 37.4 Å². The lowest BCUT2D eigenvalue weighted by atomic mass is 9.97. The van der Waals surface area contributed by atoms with E-state index in [1.807, 2.05) is 19.3 Å². The first-order chi connectivity index (χ1) is 6.66. The zero-order valence-corrected chi connectivity index (χ0v) is 9.07. The van der Waals surface area contributed by atoms with Crippen molar-refractivity contribution < 1.29 is 0 Å².